The fourth-order valence-electron chi connectivity index (χ4n) is 2.48. The summed E-state index contributed by atoms with van der Waals surface area (Å²) < 4.78 is 5.36. The number of rotatable bonds is 7. The van der Waals surface area contributed by atoms with Crippen LogP contribution in [-0.2, 0) is 0 Å². The van der Waals surface area contributed by atoms with Gasteiger partial charge >= 0.3 is 6.01 Å². The zero-order chi connectivity index (χ0) is 15.1. The number of hydrogen-bond donors (Lipinski definition) is 2. The molecule has 2 heterocycles. The molecule has 2 N–H and O–H groups in total. The Kier molecular flexibility index (Phi) is 5.98. The Hall–Kier alpha value is -1.63. The Morgan fingerprint density at radius 3 is 2.48 bits per heavy atom. The molecule has 0 bridgehead atoms. The van der Waals surface area contributed by atoms with Crippen molar-refractivity contribution in [3.8, 4) is 6.01 Å². The van der Waals surface area contributed by atoms with E-state index in [1.165, 1.54) is 25.9 Å². The summed E-state index contributed by atoms with van der Waals surface area (Å²) in [6.07, 6.45) is 2.45. The molecule has 1 aromatic heterocycles. The van der Waals surface area contributed by atoms with Crippen molar-refractivity contribution in [3.05, 3.63) is 0 Å². The normalized spacial score (nSPS) is 16.7. The van der Waals surface area contributed by atoms with Crippen molar-refractivity contribution in [1.29, 1.82) is 0 Å². The first-order valence-corrected chi connectivity index (χ1v) is 7.78. The van der Waals surface area contributed by atoms with Gasteiger partial charge in [0.25, 0.3) is 0 Å². The van der Waals surface area contributed by atoms with Crippen molar-refractivity contribution in [2.75, 3.05) is 50.5 Å². The van der Waals surface area contributed by atoms with Gasteiger partial charge in [-0.3, -0.25) is 0 Å². The van der Waals surface area contributed by atoms with Crippen LogP contribution < -0.4 is 15.4 Å². The van der Waals surface area contributed by atoms with Gasteiger partial charge in [-0.15, -0.1) is 0 Å². The smallest absolute Gasteiger partial charge is 0.323 e. The Labute approximate surface area is 126 Å². The van der Waals surface area contributed by atoms with Crippen LogP contribution in [0.3, 0.4) is 0 Å². The third-order valence-electron chi connectivity index (χ3n) is 3.82. The van der Waals surface area contributed by atoms with Gasteiger partial charge in [0.2, 0.25) is 11.9 Å². The van der Waals surface area contributed by atoms with E-state index in [9.17, 15) is 0 Å². The summed E-state index contributed by atoms with van der Waals surface area (Å²) in [5.74, 6) is 1.78. The molecular formula is C14H26N6O. The van der Waals surface area contributed by atoms with E-state index in [1.54, 1.807) is 7.05 Å². The van der Waals surface area contributed by atoms with Gasteiger partial charge in [0.15, 0.2) is 0 Å². The second-order valence-corrected chi connectivity index (χ2v) is 5.21. The van der Waals surface area contributed by atoms with Gasteiger partial charge in [0, 0.05) is 13.6 Å². The van der Waals surface area contributed by atoms with Crippen LogP contribution >= 0.6 is 0 Å². The Morgan fingerprint density at radius 2 is 1.86 bits per heavy atom. The van der Waals surface area contributed by atoms with E-state index in [1.807, 2.05) is 6.92 Å². The van der Waals surface area contributed by atoms with E-state index in [2.05, 4.69) is 37.4 Å². The van der Waals surface area contributed by atoms with Crippen LogP contribution in [0.15, 0.2) is 0 Å². The lowest BCUT2D eigenvalue weighted by molar-refractivity contribution is 0.198. The number of anilines is 2. The highest BCUT2D eigenvalue weighted by molar-refractivity contribution is 5.35. The van der Waals surface area contributed by atoms with Crippen LogP contribution in [0.2, 0.25) is 0 Å². The lowest BCUT2D eigenvalue weighted by atomic mass is 9.97. The summed E-state index contributed by atoms with van der Waals surface area (Å²) in [7, 11) is 1.79. The van der Waals surface area contributed by atoms with Crippen LogP contribution in [0.4, 0.5) is 11.9 Å². The third kappa shape index (κ3) is 4.70. The molecule has 7 nitrogen and oxygen atoms in total. The number of hydrogen-bond acceptors (Lipinski definition) is 7. The van der Waals surface area contributed by atoms with Crippen molar-refractivity contribution < 1.29 is 4.74 Å². The maximum Gasteiger partial charge on any atom is 0.323 e. The van der Waals surface area contributed by atoms with Gasteiger partial charge in [-0.2, -0.15) is 15.0 Å². The molecule has 0 aromatic carbocycles. The number of likely N-dealkylation sites (tertiary alicyclic amines) is 1. The first-order chi connectivity index (χ1) is 10.2. The van der Waals surface area contributed by atoms with Gasteiger partial charge in [-0.05, 0) is 45.3 Å². The van der Waals surface area contributed by atoms with Gasteiger partial charge in [-0.1, -0.05) is 6.92 Å². The highest BCUT2D eigenvalue weighted by Crippen LogP contribution is 2.18. The minimum absolute atomic E-state index is 0.361. The lowest BCUT2D eigenvalue weighted by Crippen LogP contribution is -2.35. The Bertz CT molecular complexity index is 433. The van der Waals surface area contributed by atoms with Crippen LogP contribution in [0, 0.1) is 5.92 Å². The number of nitrogens with zero attached hydrogens (tertiary/aromatic N) is 4. The highest BCUT2D eigenvalue weighted by Gasteiger charge is 2.18. The van der Waals surface area contributed by atoms with E-state index in [0.29, 0.717) is 30.4 Å². The van der Waals surface area contributed by atoms with Gasteiger partial charge < -0.3 is 20.3 Å². The first kappa shape index (κ1) is 15.8. The average Bonchev–Trinajstić information content (AvgIpc) is 2.53. The van der Waals surface area contributed by atoms with Gasteiger partial charge in [-0.25, -0.2) is 0 Å². The Morgan fingerprint density at radius 1 is 1.14 bits per heavy atom. The molecule has 1 aromatic rings. The van der Waals surface area contributed by atoms with E-state index in [-0.39, 0.29) is 0 Å². The summed E-state index contributed by atoms with van der Waals surface area (Å²) >= 11 is 0. The molecule has 0 saturated carbocycles. The molecular weight excluding hydrogens is 268 g/mol. The fourth-order valence-corrected chi connectivity index (χ4v) is 2.48. The quantitative estimate of drug-likeness (QED) is 0.788. The zero-order valence-corrected chi connectivity index (χ0v) is 13.2. The molecule has 0 atom stereocenters. The molecule has 0 amide bonds. The summed E-state index contributed by atoms with van der Waals surface area (Å²) in [6.45, 7) is 9.10. The average molecular weight is 294 g/mol. The van der Waals surface area contributed by atoms with E-state index >= 15 is 0 Å². The van der Waals surface area contributed by atoms with Crippen LogP contribution in [-0.4, -0.2) is 59.7 Å². The van der Waals surface area contributed by atoms with Crippen molar-refractivity contribution in [3.63, 3.8) is 0 Å². The third-order valence-corrected chi connectivity index (χ3v) is 3.82. The predicted octanol–water partition coefficient (Wildman–Crippen LogP) is 1.46. The van der Waals surface area contributed by atoms with Gasteiger partial charge in [0.05, 0.1) is 6.61 Å². The van der Waals surface area contributed by atoms with Crippen molar-refractivity contribution >= 4 is 11.9 Å². The zero-order valence-electron chi connectivity index (χ0n) is 13.2. The maximum atomic E-state index is 5.36. The van der Waals surface area contributed by atoms with Crippen LogP contribution in [0.25, 0.3) is 0 Å². The summed E-state index contributed by atoms with van der Waals surface area (Å²) in [5.41, 5.74) is 0. The number of ether oxygens (including phenoxy) is 1. The van der Waals surface area contributed by atoms with E-state index in [0.717, 1.165) is 13.1 Å². The molecule has 0 spiro atoms. The van der Waals surface area contributed by atoms with Gasteiger partial charge in [0.1, 0.15) is 0 Å². The topological polar surface area (TPSA) is 75.2 Å². The standard InChI is InChI=1S/C14H26N6O/c1-4-20-8-6-11(7-9-20)10-16-13-17-12(15-3)18-14(19-13)21-5-2/h11H,4-10H2,1-3H3,(H2,15,16,17,18,19). The molecule has 1 saturated heterocycles. The predicted molar refractivity (Wildman–Crippen MR) is 83.9 cm³/mol. The first-order valence-electron chi connectivity index (χ1n) is 7.78. The van der Waals surface area contributed by atoms with Crippen molar-refractivity contribution in [1.82, 2.24) is 19.9 Å². The lowest BCUT2D eigenvalue weighted by Gasteiger charge is -2.31. The minimum Gasteiger partial charge on any atom is -0.464 e. The number of aromatic nitrogens is 3. The number of nitrogens with one attached hydrogen (secondary N) is 2. The maximum absolute atomic E-state index is 5.36. The highest BCUT2D eigenvalue weighted by atomic mass is 16.5. The second kappa shape index (κ2) is 7.97. The molecule has 7 heteroatoms. The second-order valence-electron chi connectivity index (χ2n) is 5.21. The number of piperidine rings is 1. The molecule has 2 rings (SSSR count). The summed E-state index contributed by atoms with van der Waals surface area (Å²) in [6, 6.07) is 0.361. The molecule has 0 radical (unpaired) electrons. The minimum atomic E-state index is 0.361. The van der Waals surface area contributed by atoms with Crippen molar-refractivity contribution in [2.45, 2.75) is 26.7 Å². The molecule has 0 aliphatic carbocycles. The molecule has 1 aliphatic heterocycles. The monoisotopic (exact) mass is 294 g/mol. The summed E-state index contributed by atoms with van der Waals surface area (Å²) in [4.78, 5) is 15.2. The van der Waals surface area contributed by atoms with Crippen LogP contribution in [0.1, 0.15) is 26.7 Å². The van der Waals surface area contributed by atoms with E-state index < -0.39 is 0 Å². The Balaban J connectivity index is 1.89. The molecule has 118 valence electrons. The fraction of sp³-hybridized carbons (Fsp3) is 0.786. The van der Waals surface area contributed by atoms with E-state index in [4.69, 9.17) is 4.74 Å². The van der Waals surface area contributed by atoms with Crippen LogP contribution in [0.5, 0.6) is 6.01 Å². The molecule has 1 fully saturated rings. The summed E-state index contributed by atoms with van der Waals surface area (Å²) in [5, 5.41) is 6.25. The SMILES string of the molecule is CCOc1nc(NC)nc(NCC2CCN(CC)CC2)n1. The molecule has 21 heavy (non-hydrogen) atoms. The van der Waals surface area contributed by atoms with Crippen molar-refractivity contribution in [2.24, 2.45) is 5.92 Å². The largest absolute Gasteiger partial charge is 0.464 e. The molecule has 1 aliphatic rings. The molecule has 0 unspecified atom stereocenters.